The molecular weight excluding hydrogens is 799 g/mol. The smallest absolute Gasteiger partial charge is 0.435 e. The molecule has 0 saturated heterocycles. The van der Waals surface area contributed by atoms with Crippen molar-refractivity contribution in [3.05, 3.63) is 108 Å². The molecule has 0 spiro atoms. The minimum Gasteiger partial charge on any atom is -0.598 e. The first-order valence-corrected chi connectivity index (χ1v) is 20.8. The molecule has 3 aromatic heterocycles. The number of fused-ring (bicyclic) bond motifs is 1. The third-order valence-corrected chi connectivity index (χ3v) is 11.6. The summed E-state index contributed by atoms with van der Waals surface area (Å²) in [6.07, 6.45) is 1.24. The van der Waals surface area contributed by atoms with Crippen LogP contribution < -0.4 is 14.5 Å². The zero-order valence-corrected chi connectivity index (χ0v) is 36.0. The summed E-state index contributed by atoms with van der Waals surface area (Å²) in [5, 5.41) is 4.89. The van der Waals surface area contributed by atoms with E-state index in [1.165, 1.54) is 53.8 Å². The largest absolute Gasteiger partial charge is 0.598 e. The van der Waals surface area contributed by atoms with E-state index in [1.54, 1.807) is 86.6 Å². The number of nitrogens with zero attached hydrogens (tertiary/aromatic N) is 6. The van der Waals surface area contributed by atoms with Crippen LogP contribution in [0, 0.1) is 11.7 Å². The molecule has 1 aliphatic rings. The van der Waals surface area contributed by atoms with Crippen LogP contribution in [-0.2, 0) is 27.9 Å². The molecule has 0 bridgehead atoms. The molecule has 16 heteroatoms. The van der Waals surface area contributed by atoms with Gasteiger partial charge in [0.1, 0.15) is 27.7 Å². The van der Waals surface area contributed by atoms with Crippen molar-refractivity contribution in [2.75, 3.05) is 9.80 Å². The lowest BCUT2D eigenvalue weighted by Gasteiger charge is -2.45. The number of ether oxygens (including phenoxy) is 1. The van der Waals surface area contributed by atoms with Gasteiger partial charge in [0.05, 0.1) is 11.4 Å². The molecule has 1 N–H and O–H groups in total. The highest BCUT2D eigenvalue weighted by atomic mass is 32.2. The molecule has 0 aliphatic heterocycles. The predicted molar refractivity (Wildman–Crippen MR) is 224 cm³/mol. The van der Waals surface area contributed by atoms with E-state index in [4.69, 9.17) is 4.74 Å². The van der Waals surface area contributed by atoms with Gasteiger partial charge in [0, 0.05) is 46.9 Å². The second-order valence-corrected chi connectivity index (χ2v) is 20.0. The number of hydrogen-bond acceptors (Lipinski definition) is 8. The maximum atomic E-state index is 16.4. The van der Waals surface area contributed by atoms with Crippen LogP contribution in [-0.4, -0.2) is 52.2 Å². The van der Waals surface area contributed by atoms with Gasteiger partial charge in [-0.05, 0) is 134 Å². The fourth-order valence-electron chi connectivity index (χ4n) is 6.84. The Kier molecular flexibility index (Phi) is 12.2. The fourth-order valence-corrected chi connectivity index (χ4v) is 7.76. The highest BCUT2D eigenvalue weighted by Crippen LogP contribution is 2.44. The van der Waals surface area contributed by atoms with E-state index in [1.807, 2.05) is 0 Å². The number of pyridine rings is 2. The number of halogens is 4. The van der Waals surface area contributed by atoms with Crippen LogP contribution >= 0.6 is 0 Å². The SMILES string of the molecule is CC(C)(C)OC(=O)N(c1nccc2ccc(-n3nc(C(F)(F)F)cc3C(=O)N(c3ccccc3F)[C@](CCC3CC3)(N[S+]([O-])C(C)(C)C)c3ccncc3)cc12)C(C)(C)C. The molecule has 3 heterocycles. The third-order valence-electron chi connectivity index (χ3n) is 9.92. The lowest BCUT2D eigenvalue weighted by Crippen LogP contribution is -2.63. The number of nitrogens with one attached hydrogen (secondary N) is 1. The highest BCUT2D eigenvalue weighted by molar-refractivity contribution is 7.90. The van der Waals surface area contributed by atoms with E-state index in [2.05, 4.69) is 19.8 Å². The van der Waals surface area contributed by atoms with Crippen molar-refractivity contribution >= 4 is 45.6 Å². The third kappa shape index (κ3) is 9.60. The summed E-state index contributed by atoms with van der Waals surface area (Å²) in [6.45, 7) is 15.8. The van der Waals surface area contributed by atoms with Gasteiger partial charge in [0.15, 0.2) is 11.4 Å². The number of hydrogen-bond donors (Lipinski definition) is 1. The summed E-state index contributed by atoms with van der Waals surface area (Å²) in [7, 11) is 0. The summed E-state index contributed by atoms with van der Waals surface area (Å²) in [4.78, 5) is 40.5. The van der Waals surface area contributed by atoms with Gasteiger partial charge in [-0.3, -0.25) is 19.6 Å². The molecule has 1 saturated carbocycles. The Hall–Kier alpha value is -5.06. The molecule has 1 aliphatic carbocycles. The number of benzene rings is 2. The van der Waals surface area contributed by atoms with Crippen LogP contribution in [0.5, 0.6) is 0 Å². The first kappa shape index (κ1) is 44.5. The van der Waals surface area contributed by atoms with Gasteiger partial charge in [-0.15, -0.1) is 4.72 Å². The van der Waals surface area contributed by atoms with Crippen molar-refractivity contribution in [1.82, 2.24) is 24.5 Å². The molecular formula is C44H51F4N7O4S. The first-order chi connectivity index (χ1) is 27.9. The maximum absolute atomic E-state index is 16.4. The molecule has 60 heavy (non-hydrogen) atoms. The summed E-state index contributed by atoms with van der Waals surface area (Å²) in [6, 6.07) is 15.6. The van der Waals surface area contributed by atoms with Crippen molar-refractivity contribution in [3.63, 3.8) is 0 Å². The zero-order chi connectivity index (χ0) is 44.0. The van der Waals surface area contributed by atoms with Crippen molar-refractivity contribution in [2.45, 2.75) is 116 Å². The number of amides is 2. The molecule has 2 aromatic carbocycles. The van der Waals surface area contributed by atoms with E-state index >= 15 is 9.18 Å². The fraction of sp³-hybridized carbons (Fsp3) is 0.432. The number of alkyl halides is 3. The van der Waals surface area contributed by atoms with Gasteiger partial charge >= 0.3 is 12.3 Å². The van der Waals surface area contributed by atoms with Gasteiger partial charge in [-0.25, -0.2) is 18.9 Å². The van der Waals surface area contributed by atoms with Crippen LogP contribution in [0.4, 0.5) is 33.9 Å². The first-order valence-electron chi connectivity index (χ1n) is 19.7. The standard InChI is InChI=1S/C44H51F4N7O4S/c1-40(2,3)54(39(57)59-41(4,5)6)37-32-26-31(17-16-29(32)19-25-50-37)55-35(27-36(51-55)44(46,47)48)38(56)53(34-13-11-10-12-33(34)45)43(22-18-28-14-15-28,30-20-23-49-24-21-30)52-60(58)42(7,8)9/h10-13,16-17,19-21,23-28,52H,14-15,18,22H2,1-9H3/t43-,60?/m0/s1. The monoisotopic (exact) mass is 849 g/mol. The van der Waals surface area contributed by atoms with E-state index < -0.39 is 68.3 Å². The van der Waals surface area contributed by atoms with Gasteiger partial charge in [0.25, 0.3) is 5.91 Å². The van der Waals surface area contributed by atoms with Crippen molar-refractivity contribution in [2.24, 2.45) is 5.92 Å². The van der Waals surface area contributed by atoms with Crippen molar-refractivity contribution < 1.29 is 36.4 Å². The second-order valence-electron chi connectivity index (χ2n) is 18.0. The average Bonchev–Trinajstić information content (AvgIpc) is 3.87. The number of rotatable bonds is 11. The molecule has 320 valence electrons. The van der Waals surface area contributed by atoms with E-state index in [0.29, 0.717) is 28.8 Å². The van der Waals surface area contributed by atoms with Crippen LogP contribution in [0.2, 0.25) is 0 Å². The van der Waals surface area contributed by atoms with Gasteiger partial charge in [-0.1, -0.05) is 31.0 Å². The van der Waals surface area contributed by atoms with E-state index in [0.717, 1.165) is 28.5 Å². The lowest BCUT2D eigenvalue weighted by molar-refractivity contribution is -0.141. The molecule has 6 rings (SSSR count). The Balaban J connectivity index is 1.63. The molecule has 1 unspecified atom stereocenters. The Labute approximate surface area is 350 Å². The number of carbonyl (C=O) groups excluding carboxylic acids is 2. The normalized spacial score (nSPS) is 15.4. The lowest BCUT2D eigenvalue weighted by atomic mass is 9.91. The van der Waals surface area contributed by atoms with E-state index in [-0.39, 0.29) is 29.5 Å². The maximum Gasteiger partial charge on any atom is 0.435 e. The minimum atomic E-state index is -5.01. The number of carbonyl (C=O) groups is 2. The Morgan fingerprint density at radius 1 is 0.900 bits per heavy atom. The van der Waals surface area contributed by atoms with Crippen LogP contribution in [0.15, 0.2) is 85.3 Å². The second kappa shape index (κ2) is 16.4. The average molecular weight is 850 g/mol. The Morgan fingerprint density at radius 2 is 1.57 bits per heavy atom. The number of para-hydroxylation sites is 1. The zero-order valence-electron chi connectivity index (χ0n) is 35.2. The summed E-state index contributed by atoms with van der Waals surface area (Å²) < 4.78 is 83.8. The Bertz CT molecular complexity index is 2350. The van der Waals surface area contributed by atoms with Crippen molar-refractivity contribution in [1.29, 1.82) is 0 Å². The van der Waals surface area contributed by atoms with Crippen molar-refractivity contribution in [3.8, 4) is 5.69 Å². The van der Waals surface area contributed by atoms with Gasteiger partial charge in [0.2, 0.25) is 0 Å². The number of aromatic nitrogens is 4. The van der Waals surface area contributed by atoms with Gasteiger partial charge in [-0.2, -0.15) is 18.3 Å². The summed E-state index contributed by atoms with van der Waals surface area (Å²) in [5.74, 6) is -1.48. The summed E-state index contributed by atoms with van der Waals surface area (Å²) >= 11 is -1.91. The number of anilines is 2. The summed E-state index contributed by atoms with van der Waals surface area (Å²) in [5.41, 5.74) is -5.33. The topological polar surface area (TPSA) is 129 Å². The molecule has 5 aromatic rings. The highest BCUT2D eigenvalue weighted by Gasteiger charge is 2.51. The van der Waals surface area contributed by atoms with Crippen LogP contribution in [0.25, 0.3) is 16.5 Å². The molecule has 11 nitrogen and oxygen atoms in total. The van der Waals surface area contributed by atoms with Crippen LogP contribution in [0.3, 0.4) is 0 Å². The molecule has 0 radical (unpaired) electrons. The van der Waals surface area contributed by atoms with E-state index in [9.17, 15) is 22.5 Å². The molecule has 2 amide bonds. The van der Waals surface area contributed by atoms with Crippen LogP contribution in [0.1, 0.15) is 110 Å². The van der Waals surface area contributed by atoms with Gasteiger partial charge < -0.3 is 9.29 Å². The molecule has 2 atom stereocenters. The predicted octanol–water partition coefficient (Wildman–Crippen LogP) is 10.3. The molecule has 1 fully saturated rings. The quantitative estimate of drug-likeness (QED) is 0.0790. The Morgan fingerprint density at radius 3 is 2.15 bits per heavy atom. The minimum absolute atomic E-state index is 0.0147.